The molecule has 8 rings (SSSR count). The summed E-state index contributed by atoms with van der Waals surface area (Å²) in [6.07, 6.45) is -22.1. The number of aromatic amines is 4. The third kappa shape index (κ3) is 20.5. The molecule has 0 aliphatic carbocycles. The first-order chi connectivity index (χ1) is 51.9. The molecule has 0 saturated carbocycles. The van der Waals surface area contributed by atoms with Gasteiger partial charge in [-0.25, -0.2) is 36.7 Å². The third-order valence-electron chi connectivity index (χ3n) is 16.1. The largest absolute Gasteiger partial charge is 0.458 e. The van der Waals surface area contributed by atoms with Gasteiger partial charge in [0.1, 0.15) is 91.6 Å². The molecule has 4 aliphatic heterocycles. The number of carbonyl (C=O) groups is 8. The highest BCUT2D eigenvalue weighted by atomic mass is 32.1. The highest BCUT2D eigenvalue weighted by Gasteiger charge is 2.61. The number of esters is 4. The average molecular weight is 1630 g/mol. The normalized spacial score (nSPS) is 30.6. The minimum absolute atomic E-state index is 0.111. The number of nitrogens with two attached hydrogens (primary N) is 4. The zero-order chi connectivity index (χ0) is 86.6. The molecule has 0 radical (unpaired) electrons. The van der Waals surface area contributed by atoms with Crippen LogP contribution in [0.3, 0.4) is 0 Å². The summed E-state index contributed by atoms with van der Waals surface area (Å²) >= 11 is 19.1. The van der Waals surface area contributed by atoms with Crippen molar-refractivity contribution in [2.24, 2.45) is 46.6 Å². The molecular weight excluding hydrogens is 1540 g/mol. The van der Waals surface area contributed by atoms with Gasteiger partial charge in [0, 0.05) is 24.8 Å². The van der Waals surface area contributed by atoms with E-state index in [0.29, 0.717) is 32.5 Å². The number of hydrogen-bond donors (Lipinski definition) is 16. The zero-order valence-electron chi connectivity index (χ0n) is 62.5. The van der Waals surface area contributed by atoms with Gasteiger partial charge in [0.25, 0.3) is 23.4 Å². The van der Waals surface area contributed by atoms with Gasteiger partial charge >= 0.3 is 46.6 Å². The minimum atomic E-state index is -3.99. The Hall–Kier alpha value is -7.96. The molecule has 600 valence electrons. The second-order valence-electron chi connectivity index (χ2n) is 25.3. The van der Waals surface area contributed by atoms with Crippen LogP contribution in [-0.4, -0.2) is 251 Å². The molecule has 8 heterocycles. The van der Waals surface area contributed by atoms with E-state index in [-0.39, 0.29) is 69.8 Å². The Morgan fingerprint density at radius 2 is 0.667 bits per heavy atom. The molecule has 0 spiro atoms. The number of ether oxygens (including phenoxy) is 8. The molecule has 4 aliphatic rings. The number of nitrogens with one attached hydrogen (secondary N) is 4. The summed E-state index contributed by atoms with van der Waals surface area (Å²) in [5.74, 6) is -19.8. The first-order valence-corrected chi connectivity index (χ1v) is 33.0. The van der Waals surface area contributed by atoms with Crippen LogP contribution in [0.2, 0.25) is 0 Å². The molecule has 48 heteroatoms. The summed E-state index contributed by atoms with van der Waals surface area (Å²) in [7, 11) is 0. The number of H-pyrrole nitrogens is 4. The van der Waals surface area contributed by atoms with Crippen LogP contribution >= 0.6 is 48.9 Å². The molecule has 0 unspecified atom stereocenters. The van der Waals surface area contributed by atoms with Crippen molar-refractivity contribution in [3.63, 3.8) is 0 Å². The maximum absolute atomic E-state index is 15.5. The number of rotatable bonds is 24. The topological polar surface area (TPSA) is 627 Å². The van der Waals surface area contributed by atoms with E-state index in [1.807, 2.05) is 4.98 Å². The van der Waals surface area contributed by atoms with Crippen molar-refractivity contribution in [1.82, 2.24) is 38.2 Å². The number of hydrogen-bond acceptors (Lipinski definition) is 36. The minimum Gasteiger partial charge on any atom is -0.458 e. The Kier molecular flexibility index (Phi) is 28.4. The van der Waals surface area contributed by atoms with Gasteiger partial charge in [-0.05, 0) is 23.7 Å². The fourth-order valence-electron chi connectivity index (χ4n) is 9.12. The van der Waals surface area contributed by atoms with Gasteiger partial charge in [0.15, 0.2) is 76.4 Å². The molecular formula is C60H80F4N12O28S4. The number of alkyl halides is 4. The van der Waals surface area contributed by atoms with Gasteiger partial charge in [0.05, 0.1) is 29.1 Å². The highest BCUT2D eigenvalue weighted by molar-refractivity contribution is 7.72. The summed E-state index contributed by atoms with van der Waals surface area (Å²) in [5, 5.41) is 80.8. The summed E-state index contributed by atoms with van der Waals surface area (Å²) < 4.78 is 139. The van der Waals surface area contributed by atoms with E-state index in [9.17, 15) is 107 Å². The van der Waals surface area contributed by atoms with Gasteiger partial charge in [-0.2, -0.15) is 0 Å². The molecule has 0 aromatic carbocycles. The van der Waals surface area contributed by atoms with E-state index < -0.39 is 206 Å². The monoisotopic (exact) mass is 1630 g/mol. The lowest BCUT2D eigenvalue weighted by molar-refractivity contribution is -0.217. The molecule has 0 amide bonds. The van der Waals surface area contributed by atoms with Crippen molar-refractivity contribution >= 4 is 97.9 Å². The Bertz CT molecular complexity index is 4600. The van der Waals surface area contributed by atoms with Crippen LogP contribution < -0.4 is 45.7 Å². The van der Waals surface area contributed by atoms with E-state index in [2.05, 4.69) is 29.2 Å². The van der Waals surface area contributed by atoms with Crippen LogP contribution in [-0.2, 0) is 57.1 Å². The fraction of sp³-hybridized carbons (Fsp3) is 0.600. The molecule has 4 fully saturated rings. The van der Waals surface area contributed by atoms with E-state index >= 15 is 8.78 Å². The summed E-state index contributed by atoms with van der Waals surface area (Å²) in [6.45, 7) is 3.32. The Morgan fingerprint density at radius 3 is 0.935 bits per heavy atom. The average Bonchev–Trinajstić information content (AvgIpc) is 1.56. The Labute approximate surface area is 632 Å². The molecule has 20 N–H and O–H groups in total. The van der Waals surface area contributed by atoms with Gasteiger partial charge < -0.3 is 102 Å². The second-order valence-corrected chi connectivity index (χ2v) is 26.9. The van der Waals surface area contributed by atoms with Crippen molar-refractivity contribution in [3.8, 4) is 0 Å². The first-order valence-electron chi connectivity index (χ1n) is 33.9. The van der Waals surface area contributed by atoms with Crippen LogP contribution in [0.5, 0.6) is 0 Å². The number of nitrogens with zero attached hydrogens (tertiary/aromatic N) is 4. The van der Waals surface area contributed by atoms with Crippen LogP contribution in [0.15, 0.2) is 44.0 Å². The van der Waals surface area contributed by atoms with Crippen molar-refractivity contribution < 1.29 is 142 Å². The van der Waals surface area contributed by atoms with Gasteiger partial charge in [-0.15, -0.1) is 0 Å². The second kappa shape index (κ2) is 37.2. The lowest BCUT2D eigenvalue weighted by atomic mass is 10.1. The number of aldehydes is 4. The van der Waals surface area contributed by atoms with Crippen molar-refractivity contribution in [2.75, 3.05) is 26.3 Å². The summed E-state index contributed by atoms with van der Waals surface area (Å²) in [6, 6.07) is -4.67. The lowest BCUT2D eigenvalue weighted by Crippen LogP contribution is -2.46. The number of carbonyl (C=O) groups excluding carboxylic acids is 8. The summed E-state index contributed by atoms with van der Waals surface area (Å²) in [4.78, 5) is 148. The maximum atomic E-state index is 15.5. The Morgan fingerprint density at radius 1 is 0.444 bits per heavy atom. The smallest absolute Gasteiger partial charge is 0.328 e. The third-order valence-corrected chi connectivity index (χ3v) is 17.5. The van der Waals surface area contributed by atoms with Crippen LogP contribution in [0.1, 0.15) is 129 Å². The van der Waals surface area contributed by atoms with Gasteiger partial charge in [0.2, 0.25) is 0 Å². The van der Waals surface area contributed by atoms with E-state index in [0.717, 1.165) is 18.6 Å². The van der Waals surface area contributed by atoms with E-state index in [4.69, 9.17) is 102 Å². The number of aromatic nitrogens is 8. The van der Waals surface area contributed by atoms with Crippen molar-refractivity contribution in [2.45, 2.75) is 177 Å². The predicted octanol–water partition coefficient (Wildman–Crippen LogP) is -3.35. The molecule has 4 saturated heterocycles. The van der Waals surface area contributed by atoms with Crippen molar-refractivity contribution in [3.05, 3.63) is 108 Å². The van der Waals surface area contributed by atoms with Crippen LogP contribution in [0.25, 0.3) is 0 Å². The first kappa shape index (κ1) is 82.5. The molecule has 20 atom stereocenters. The number of aliphatic hydroxyl groups excluding tert-OH is 8. The van der Waals surface area contributed by atoms with E-state index in [1.165, 1.54) is 13.8 Å². The van der Waals surface area contributed by atoms with Gasteiger partial charge in [-0.3, -0.25) is 76.6 Å². The standard InChI is InChI=1S/4C15H20FN3O7S/c4*1-6(2)8(17)13(23)25-5-15(16)10(22)9(21)12(26-15)19-3-7(4-20)11(27)18-14(19)24/h4*3-4,6,8-10,12,21-22H,5,17H2,1-2H3,(H,18,24,27)/t4*8-,9+,10-,12+,15+/m0000/s1/i5D2,12D;5D2;;. The fourth-order valence-corrected chi connectivity index (χ4v) is 9.87. The number of halogens is 4. The molecule has 4 aromatic rings. The van der Waals surface area contributed by atoms with Gasteiger partial charge in [-0.1, -0.05) is 104 Å². The van der Waals surface area contributed by atoms with E-state index in [1.54, 1.807) is 41.5 Å². The highest BCUT2D eigenvalue weighted by Crippen LogP contribution is 2.42. The predicted molar refractivity (Wildman–Crippen MR) is 364 cm³/mol. The molecule has 4 aromatic heterocycles. The SMILES string of the molecule is CC(C)[C@H](N)C(=O)OC[C@@]1(F)O[C@@H](n2cc(C=O)c(=S)[nH]c2=O)[C@H](O)[C@@H]1O.CC(C)[C@H](N)C(=O)OC[C@@]1(F)O[C@@H](n2cc(C=O)c(=S)[nH]c2=O)[C@H](O)[C@@H]1O.[2H]C([2H])(OC(=O)[C@@H](N)C(C)C)[C@@]1(F)O[C@@H](n2cc(C=O)c(=S)[nH]c2=O)[C@H](O)[C@@H]1O.[2H]C([2H])(OC(=O)[C@@H](N)C(C)C)[C@@]1(F)O[C@@]([2H])(n2cc(C=O)c(=S)[nH]c2=O)[C@H](O)[C@@H]1O. The molecule has 40 nitrogen and oxygen atoms in total. The molecule has 108 heavy (non-hydrogen) atoms. The quantitative estimate of drug-likeness (QED) is 0.0107. The lowest BCUT2D eigenvalue weighted by Gasteiger charge is -2.24. The Balaban J connectivity index is 0.000000269. The van der Waals surface area contributed by atoms with Crippen molar-refractivity contribution in [1.29, 1.82) is 0 Å². The van der Waals surface area contributed by atoms with Crippen LogP contribution in [0.4, 0.5) is 17.6 Å². The maximum Gasteiger partial charge on any atom is 0.328 e. The summed E-state index contributed by atoms with van der Waals surface area (Å²) in [5.41, 5.74) is 17.4. The van der Waals surface area contributed by atoms with Crippen LogP contribution in [0, 0.1) is 42.2 Å². The zero-order valence-corrected chi connectivity index (χ0v) is 60.8. The number of aliphatic hydroxyl groups is 8. The molecule has 0 bridgehead atoms.